The Bertz CT molecular complexity index is 1040. The molecule has 4 rings (SSSR count). The van der Waals surface area contributed by atoms with Crippen LogP contribution in [0.4, 0.5) is 4.79 Å². The van der Waals surface area contributed by atoms with Gasteiger partial charge in [0.2, 0.25) is 5.91 Å². The van der Waals surface area contributed by atoms with Gasteiger partial charge in [-0.05, 0) is 60.3 Å². The van der Waals surface area contributed by atoms with Crippen LogP contribution in [0.3, 0.4) is 0 Å². The molecule has 7 heteroatoms. The lowest BCUT2D eigenvalue weighted by Gasteiger charge is -2.36. The number of rotatable bonds is 8. The molecule has 0 spiro atoms. The fourth-order valence-electron chi connectivity index (χ4n) is 5.30. The lowest BCUT2D eigenvalue weighted by Crippen LogP contribution is -2.51. The average Bonchev–Trinajstić information content (AvgIpc) is 3.19. The molecule has 0 aromatic heterocycles. The highest BCUT2D eigenvalue weighted by Gasteiger charge is 2.41. The van der Waals surface area contributed by atoms with Crippen molar-refractivity contribution in [2.75, 3.05) is 13.2 Å². The quantitative estimate of drug-likeness (QED) is 0.510. The predicted octanol–water partition coefficient (Wildman–Crippen LogP) is 4.70. The molecular formula is C28H34N2O5. The number of carboxylic acid groups (broad SMARTS) is 1. The summed E-state index contributed by atoms with van der Waals surface area (Å²) in [6, 6.07) is 15.4. The first-order chi connectivity index (χ1) is 16.8. The molecule has 186 valence electrons. The zero-order valence-electron chi connectivity index (χ0n) is 20.4. The SMILES string of the molecule is CC[C@@H](NC(=O)OCC1c2ccccc2-c2ccccc21)C(=O)NCC1(C(=O)O)CCC(C)CC1. The van der Waals surface area contributed by atoms with E-state index >= 15 is 0 Å². The molecule has 2 aliphatic rings. The van der Waals surface area contributed by atoms with Crippen LogP contribution in [0.1, 0.15) is 63.0 Å². The summed E-state index contributed by atoms with van der Waals surface area (Å²) < 4.78 is 5.56. The van der Waals surface area contributed by atoms with Crippen LogP contribution in [0.5, 0.6) is 0 Å². The maximum atomic E-state index is 12.8. The monoisotopic (exact) mass is 478 g/mol. The Morgan fingerprint density at radius 2 is 1.60 bits per heavy atom. The highest BCUT2D eigenvalue weighted by molar-refractivity contribution is 5.86. The molecular weight excluding hydrogens is 444 g/mol. The molecule has 2 aromatic rings. The number of ether oxygens (including phenoxy) is 1. The number of nitrogens with one attached hydrogen (secondary N) is 2. The predicted molar refractivity (Wildman–Crippen MR) is 133 cm³/mol. The molecule has 2 amide bonds. The highest BCUT2D eigenvalue weighted by Crippen LogP contribution is 2.44. The van der Waals surface area contributed by atoms with Crippen LogP contribution in [-0.2, 0) is 14.3 Å². The summed E-state index contributed by atoms with van der Waals surface area (Å²) in [5, 5.41) is 15.2. The summed E-state index contributed by atoms with van der Waals surface area (Å²) in [6.07, 6.45) is 2.45. The van der Waals surface area contributed by atoms with E-state index in [4.69, 9.17) is 4.74 Å². The zero-order chi connectivity index (χ0) is 25.0. The van der Waals surface area contributed by atoms with Crippen LogP contribution in [0, 0.1) is 11.3 Å². The number of alkyl carbamates (subject to hydrolysis) is 1. The van der Waals surface area contributed by atoms with Crippen LogP contribution >= 0.6 is 0 Å². The summed E-state index contributed by atoms with van der Waals surface area (Å²) in [5.74, 6) is -0.828. The van der Waals surface area contributed by atoms with Gasteiger partial charge in [0.15, 0.2) is 0 Å². The normalized spacial score (nSPS) is 21.9. The largest absolute Gasteiger partial charge is 0.481 e. The number of hydrogen-bond acceptors (Lipinski definition) is 4. The molecule has 35 heavy (non-hydrogen) atoms. The van der Waals surface area contributed by atoms with Gasteiger partial charge in [-0.2, -0.15) is 0 Å². The molecule has 7 nitrogen and oxygen atoms in total. The summed E-state index contributed by atoms with van der Waals surface area (Å²) in [6.45, 7) is 4.15. The molecule has 2 aromatic carbocycles. The molecule has 0 saturated heterocycles. The van der Waals surface area contributed by atoms with Crippen molar-refractivity contribution in [1.82, 2.24) is 10.6 Å². The Hall–Kier alpha value is -3.35. The van der Waals surface area contributed by atoms with E-state index in [1.54, 1.807) is 6.92 Å². The van der Waals surface area contributed by atoms with Crippen LogP contribution in [0.15, 0.2) is 48.5 Å². The van der Waals surface area contributed by atoms with E-state index in [0.717, 1.165) is 35.1 Å². The van der Waals surface area contributed by atoms with Crippen LogP contribution < -0.4 is 10.6 Å². The maximum Gasteiger partial charge on any atom is 0.407 e. The van der Waals surface area contributed by atoms with Gasteiger partial charge >= 0.3 is 12.1 Å². The van der Waals surface area contributed by atoms with Gasteiger partial charge in [-0.3, -0.25) is 9.59 Å². The lowest BCUT2D eigenvalue weighted by atomic mass is 9.71. The topological polar surface area (TPSA) is 105 Å². The van der Waals surface area contributed by atoms with Crippen molar-refractivity contribution in [3.05, 3.63) is 59.7 Å². The first kappa shape index (κ1) is 24.8. The maximum absolute atomic E-state index is 12.8. The van der Waals surface area contributed by atoms with E-state index < -0.39 is 23.5 Å². The van der Waals surface area contributed by atoms with Gasteiger partial charge in [-0.25, -0.2) is 4.79 Å². The van der Waals surface area contributed by atoms with Gasteiger partial charge in [0.05, 0.1) is 5.41 Å². The zero-order valence-corrected chi connectivity index (χ0v) is 20.4. The van der Waals surface area contributed by atoms with E-state index in [9.17, 15) is 19.5 Å². The van der Waals surface area contributed by atoms with Gasteiger partial charge in [0, 0.05) is 12.5 Å². The molecule has 3 N–H and O–H groups in total. The summed E-state index contributed by atoms with van der Waals surface area (Å²) in [5.41, 5.74) is 3.59. The Kier molecular flexibility index (Phi) is 7.43. The van der Waals surface area contributed by atoms with Gasteiger partial charge in [-0.15, -0.1) is 0 Å². The van der Waals surface area contributed by atoms with E-state index in [2.05, 4.69) is 29.7 Å². The first-order valence-electron chi connectivity index (χ1n) is 12.5. The van der Waals surface area contributed by atoms with Crippen molar-refractivity contribution in [2.24, 2.45) is 11.3 Å². The van der Waals surface area contributed by atoms with Gasteiger partial charge in [0.25, 0.3) is 0 Å². The second-order valence-electron chi connectivity index (χ2n) is 9.92. The number of aliphatic carboxylic acids is 1. The van der Waals surface area contributed by atoms with Gasteiger partial charge in [0.1, 0.15) is 12.6 Å². The van der Waals surface area contributed by atoms with Crippen LogP contribution in [-0.4, -0.2) is 42.3 Å². The minimum absolute atomic E-state index is 0.0637. The van der Waals surface area contributed by atoms with Gasteiger partial charge in [-0.1, -0.05) is 62.4 Å². The third kappa shape index (κ3) is 5.19. The molecule has 0 bridgehead atoms. The van der Waals surface area contributed by atoms with E-state index in [-0.39, 0.29) is 25.0 Å². The molecule has 0 aliphatic heterocycles. The minimum Gasteiger partial charge on any atom is -0.481 e. The Labute approximate surface area is 206 Å². The summed E-state index contributed by atoms with van der Waals surface area (Å²) in [4.78, 5) is 37.4. The number of fused-ring (bicyclic) bond motifs is 3. The first-order valence-corrected chi connectivity index (χ1v) is 12.5. The summed E-state index contributed by atoms with van der Waals surface area (Å²) in [7, 11) is 0. The smallest absolute Gasteiger partial charge is 0.407 e. The van der Waals surface area contributed by atoms with Crippen molar-refractivity contribution < 1.29 is 24.2 Å². The Morgan fingerprint density at radius 3 is 2.14 bits per heavy atom. The lowest BCUT2D eigenvalue weighted by molar-refractivity contribution is -0.151. The Morgan fingerprint density at radius 1 is 1.03 bits per heavy atom. The molecule has 0 radical (unpaired) electrons. The molecule has 2 aliphatic carbocycles. The fraction of sp³-hybridized carbons (Fsp3) is 0.464. The molecule has 0 unspecified atom stereocenters. The third-order valence-corrected chi connectivity index (χ3v) is 7.65. The fourth-order valence-corrected chi connectivity index (χ4v) is 5.30. The van der Waals surface area contributed by atoms with Crippen molar-refractivity contribution in [3.8, 4) is 11.1 Å². The molecule has 0 heterocycles. The van der Waals surface area contributed by atoms with Crippen LogP contribution in [0.2, 0.25) is 0 Å². The highest BCUT2D eigenvalue weighted by atomic mass is 16.5. The van der Waals surface area contributed by atoms with Crippen molar-refractivity contribution in [1.29, 1.82) is 0 Å². The van der Waals surface area contributed by atoms with Crippen molar-refractivity contribution in [3.63, 3.8) is 0 Å². The molecule has 1 atom stereocenters. The van der Waals surface area contributed by atoms with Gasteiger partial charge < -0.3 is 20.5 Å². The number of amides is 2. The second kappa shape index (κ2) is 10.5. The van der Waals surface area contributed by atoms with Crippen LogP contribution in [0.25, 0.3) is 11.1 Å². The average molecular weight is 479 g/mol. The molecule has 1 fully saturated rings. The van der Waals surface area contributed by atoms with Crippen molar-refractivity contribution >= 4 is 18.0 Å². The number of carbonyl (C=O) groups excluding carboxylic acids is 2. The minimum atomic E-state index is -0.940. The number of carbonyl (C=O) groups is 3. The number of hydrogen-bond donors (Lipinski definition) is 3. The Balaban J connectivity index is 1.33. The van der Waals surface area contributed by atoms with Crippen molar-refractivity contribution in [2.45, 2.75) is 57.9 Å². The molecule has 1 saturated carbocycles. The third-order valence-electron chi connectivity index (χ3n) is 7.65. The van der Waals surface area contributed by atoms with E-state index in [1.807, 2.05) is 36.4 Å². The van der Waals surface area contributed by atoms with E-state index in [1.165, 1.54) is 0 Å². The summed E-state index contributed by atoms with van der Waals surface area (Å²) >= 11 is 0. The van der Waals surface area contributed by atoms with E-state index in [0.29, 0.717) is 25.2 Å². The number of benzene rings is 2. The standard InChI is InChI=1S/C28H34N2O5/c1-3-24(25(31)29-17-28(26(32)33)14-12-18(2)13-15-28)30-27(34)35-16-23-21-10-6-4-8-19(21)20-9-5-7-11-22(20)23/h4-11,18,23-24H,3,12-17H2,1-2H3,(H,29,31)(H,30,34)(H,32,33)/t18?,24-,28?/m1/s1. The number of carboxylic acids is 1. The second-order valence-corrected chi connectivity index (χ2v) is 9.92.